The lowest BCUT2D eigenvalue weighted by Crippen LogP contribution is -2.38. The molecule has 15 heavy (non-hydrogen) atoms. The molecule has 0 unspecified atom stereocenters. The normalized spacial score (nSPS) is 14.4. The molecule has 2 rings (SSSR count). The van der Waals surface area contributed by atoms with Crippen molar-refractivity contribution in [3.8, 4) is 0 Å². The zero-order valence-electron chi connectivity index (χ0n) is 8.66. The van der Waals surface area contributed by atoms with Gasteiger partial charge in [-0.05, 0) is 19.8 Å². The lowest BCUT2D eigenvalue weighted by molar-refractivity contribution is -0.112. The molecule has 4 nitrogen and oxygen atoms in total. The molecule has 1 aliphatic rings. The number of carbonyl (C=O) groups excluding carboxylic acids is 1. The number of hydrogen-bond donors (Lipinski definition) is 1. The van der Waals surface area contributed by atoms with Crippen LogP contribution < -0.4 is 16.3 Å². The van der Waals surface area contributed by atoms with Gasteiger partial charge in [0.05, 0.1) is 11.9 Å². The first-order valence-corrected chi connectivity index (χ1v) is 4.98. The van der Waals surface area contributed by atoms with Gasteiger partial charge in [-0.1, -0.05) is 6.08 Å². The molecule has 1 aliphatic carbocycles. The van der Waals surface area contributed by atoms with Gasteiger partial charge < -0.3 is 5.73 Å². The molecule has 0 aromatic carbocycles. The summed E-state index contributed by atoms with van der Waals surface area (Å²) in [7, 11) is 0. The number of rotatable bonds is 2. The third-order valence-corrected chi connectivity index (χ3v) is 2.63. The van der Waals surface area contributed by atoms with Gasteiger partial charge in [-0.3, -0.25) is 4.79 Å². The summed E-state index contributed by atoms with van der Waals surface area (Å²) in [6, 6.07) is 0. The van der Waals surface area contributed by atoms with Gasteiger partial charge >= 0.3 is 0 Å². The van der Waals surface area contributed by atoms with E-state index in [4.69, 9.17) is 5.73 Å². The third kappa shape index (κ3) is 1.68. The van der Waals surface area contributed by atoms with Gasteiger partial charge in [0.2, 0.25) is 0 Å². The van der Waals surface area contributed by atoms with Gasteiger partial charge in [0.1, 0.15) is 6.33 Å². The van der Waals surface area contributed by atoms with Gasteiger partial charge in [-0.2, -0.15) is 0 Å². The van der Waals surface area contributed by atoms with Crippen molar-refractivity contribution in [1.29, 1.82) is 0 Å². The Labute approximate surface area is 87.5 Å². The Kier molecular flexibility index (Phi) is 2.60. The number of carbonyl (C=O) groups is 1. The molecule has 0 aliphatic heterocycles. The average Bonchev–Trinajstić information content (AvgIpc) is 2.28. The number of aryl methyl sites for hydroxylation is 1. The standard InChI is InChI=1S/C11H13N3O/c1-7-8-3-2-4-9(10(15)5-12)11(8)14-6-13-7/h3,6H,2,4-5,12H2,1H3. The molecule has 0 fully saturated rings. The first kappa shape index (κ1) is 9.98. The Hall–Kier alpha value is -1.55. The Bertz CT molecular complexity index is 519. The number of nitrogens with two attached hydrogens (primary N) is 1. The van der Waals surface area contributed by atoms with E-state index in [9.17, 15) is 4.79 Å². The molecule has 1 aromatic rings. The lowest BCUT2D eigenvalue weighted by atomic mass is 9.99. The number of aromatic nitrogens is 2. The van der Waals surface area contributed by atoms with Gasteiger partial charge in [-0.25, -0.2) is 9.97 Å². The van der Waals surface area contributed by atoms with Crippen molar-refractivity contribution in [1.82, 2.24) is 9.97 Å². The number of hydrogen-bond acceptors (Lipinski definition) is 4. The van der Waals surface area contributed by atoms with E-state index >= 15 is 0 Å². The molecule has 0 atom stereocenters. The molecule has 0 bridgehead atoms. The van der Waals surface area contributed by atoms with E-state index in [1.807, 2.05) is 6.92 Å². The molecule has 1 heterocycles. The Morgan fingerprint density at radius 3 is 3.07 bits per heavy atom. The monoisotopic (exact) mass is 203 g/mol. The second kappa shape index (κ2) is 3.90. The van der Waals surface area contributed by atoms with Gasteiger partial charge in [0.25, 0.3) is 0 Å². The van der Waals surface area contributed by atoms with Crippen LogP contribution in [0, 0.1) is 6.92 Å². The number of fused-ring (bicyclic) bond motifs is 1. The highest BCUT2D eigenvalue weighted by Crippen LogP contribution is 2.08. The summed E-state index contributed by atoms with van der Waals surface area (Å²) in [5.41, 5.74) is 7.04. The fourth-order valence-corrected chi connectivity index (χ4v) is 1.84. The van der Waals surface area contributed by atoms with Crippen molar-refractivity contribution >= 4 is 17.4 Å². The van der Waals surface area contributed by atoms with E-state index in [1.165, 1.54) is 6.33 Å². The minimum Gasteiger partial charge on any atom is -0.324 e. The van der Waals surface area contributed by atoms with Crippen LogP contribution in [0.2, 0.25) is 0 Å². The largest absolute Gasteiger partial charge is 0.324 e. The highest BCUT2D eigenvalue weighted by atomic mass is 16.1. The van der Waals surface area contributed by atoms with Gasteiger partial charge in [0.15, 0.2) is 5.78 Å². The van der Waals surface area contributed by atoms with E-state index in [0.717, 1.165) is 34.7 Å². The second-order valence-electron chi connectivity index (χ2n) is 3.57. The summed E-state index contributed by atoms with van der Waals surface area (Å²) < 4.78 is 0. The number of ketones is 1. The first-order valence-electron chi connectivity index (χ1n) is 4.98. The quantitative estimate of drug-likeness (QED) is 0.672. The first-order chi connectivity index (χ1) is 7.24. The molecule has 0 radical (unpaired) electrons. The zero-order chi connectivity index (χ0) is 10.8. The van der Waals surface area contributed by atoms with Crippen LogP contribution in [0.3, 0.4) is 0 Å². The molecule has 0 amide bonds. The summed E-state index contributed by atoms with van der Waals surface area (Å²) in [5, 5.41) is 1.75. The van der Waals surface area contributed by atoms with E-state index in [1.54, 1.807) is 0 Å². The highest BCUT2D eigenvalue weighted by Gasteiger charge is 2.13. The summed E-state index contributed by atoms with van der Waals surface area (Å²) in [5.74, 6) is -0.0116. The number of nitrogens with zero attached hydrogens (tertiary/aromatic N) is 2. The molecule has 0 saturated carbocycles. The van der Waals surface area contributed by atoms with E-state index in [2.05, 4.69) is 16.0 Å². The Morgan fingerprint density at radius 2 is 2.33 bits per heavy atom. The van der Waals surface area contributed by atoms with Crippen molar-refractivity contribution in [3.63, 3.8) is 0 Å². The Morgan fingerprint density at radius 1 is 1.53 bits per heavy atom. The van der Waals surface area contributed by atoms with Gasteiger partial charge in [-0.15, -0.1) is 0 Å². The van der Waals surface area contributed by atoms with E-state index in [0.29, 0.717) is 0 Å². The molecule has 0 saturated heterocycles. The maximum absolute atomic E-state index is 11.6. The van der Waals surface area contributed by atoms with Crippen LogP contribution in [0.4, 0.5) is 0 Å². The predicted octanol–water partition coefficient (Wildman–Crippen LogP) is -0.962. The van der Waals surface area contributed by atoms with Crippen LogP contribution in [0.5, 0.6) is 0 Å². The predicted molar refractivity (Wildman–Crippen MR) is 57.2 cm³/mol. The van der Waals surface area contributed by atoms with Crippen LogP contribution in [0.15, 0.2) is 6.33 Å². The van der Waals surface area contributed by atoms with Crippen molar-refractivity contribution in [2.45, 2.75) is 19.8 Å². The highest BCUT2D eigenvalue weighted by molar-refractivity contribution is 6.15. The molecule has 1 aromatic heterocycles. The summed E-state index contributed by atoms with van der Waals surface area (Å²) in [4.78, 5) is 19.9. The van der Waals surface area contributed by atoms with Crippen LogP contribution in [0.25, 0.3) is 11.6 Å². The average molecular weight is 203 g/mol. The summed E-state index contributed by atoms with van der Waals surface area (Å²) in [6.45, 7) is 1.98. The smallest absolute Gasteiger partial charge is 0.174 e. The topological polar surface area (TPSA) is 68.9 Å². The SMILES string of the molecule is Cc1ncnc2c1=CCCC=2C(=O)CN. The molecule has 4 heteroatoms. The van der Waals surface area contributed by atoms with Crippen LogP contribution in [0.1, 0.15) is 18.5 Å². The Balaban J connectivity index is 2.78. The molecular formula is C11H13N3O. The fraction of sp³-hybridized carbons (Fsp3) is 0.364. The molecular weight excluding hydrogens is 190 g/mol. The number of Topliss-reactive ketones (excluding diaryl/α,β-unsaturated/α-hetero) is 1. The van der Waals surface area contributed by atoms with Crippen LogP contribution in [-0.4, -0.2) is 22.3 Å². The lowest BCUT2D eigenvalue weighted by Gasteiger charge is -2.08. The molecule has 2 N–H and O–H groups in total. The van der Waals surface area contributed by atoms with Crippen molar-refractivity contribution in [2.75, 3.05) is 6.54 Å². The van der Waals surface area contributed by atoms with Crippen molar-refractivity contribution in [3.05, 3.63) is 22.6 Å². The van der Waals surface area contributed by atoms with Crippen LogP contribution >= 0.6 is 0 Å². The molecule has 78 valence electrons. The van der Waals surface area contributed by atoms with Crippen molar-refractivity contribution < 1.29 is 4.79 Å². The van der Waals surface area contributed by atoms with E-state index in [-0.39, 0.29) is 12.3 Å². The third-order valence-electron chi connectivity index (χ3n) is 2.63. The second-order valence-corrected chi connectivity index (χ2v) is 3.57. The van der Waals surface area contributed by atoms with Crippen LogP contribution in [-0.2, 0) is 4.79 Å². The van der Waals surface area contributed by atoms with Gasteiger partial charge in [0, 0.05) is 16.5 Å². The minimum absolute atomic E-state index is 0.0116. The maximum Gasteiger partial charge on any atom is 0.174 e. The fourth-order valence-electron chi connectivity index (χ4n) is 1.84. The molecule has 0 spiro atoms. The van der Waals surface area contributed by atoms with E-state index < -0.39 is 0 Å². The summed E-state index contributed by atoms with van der Waals surface area (Å²) >= 11 is 0. The van der Waals surface area contributed by atoms with Crippen molar-refractivity contribution in [2.24, 2.45) is 5.73 Å². The minimum atomic E-state index is -0.0116. The summed E-state index contributed by atoms with van der Waals surface area (Å²) in [6.07, 6.45) is 5.18. The maximum atomic E-state index is 11.6. The zero-order valence-corrected chi connectivity index (χ0v) is 8.66.